The molecule has 1 fully saturated rings. The van der Waals surface area contributed by atoms with Crippen LogP contribution in [0, 0.1) is 15.9 Å². The molecule has 0 spiro atoms. The predicted octanol–water partition coefficient (Wildman–Crippen LogP) is 4.63. The summed E-state index contributed by atoms with van der Waals surface area (Å²) in [5, 5.41) is 13.1. The second kappa shape index (κ2) is 9.74. The van der Waals surface area contributed by atoms with Crippen molar-refractivity contribution in [2.75, 3.05) is 4.90 Å². The number of hydrogen-bond donors (Lipinski definition) is 1. The van der Waals surface area contributed by atoms with Gasteiger partial charge in [-0.15, -0.1) is 0 Å². The van der Waals surface area contributed by atoms with E-state index in [1.165, 1.54) is 42.5 Å². The van der Waals surface area contributed by atoms with Crippen LogP contribution in [0.15, 0.2) is 72.3 Å². The van der Waals surface area contributed by atoms with Crippen LogP contribution in [0.3, 0.4) is 0 Å². The van der Waals surface area contributed by atoms with Gasteiger partial charge >= 0.3 is 6.03 Å². The molecule has 0 saturated carbocycles. The molecule has 1 heterocycles. The molecule has 0 aromatic heterocycles. The fourth-order valence-corrected chi connectivity index (χ4v) is 3.52. The summed E-state index contributed by atoms with van der Waals surface area (Å²) in [5.41, 5.74) is 0.183. The highest BCUT2D eigenvalue weighted by Crippen LogP contribution is 2.29. The number of carbonyl (C=O) groups excluding carboxylic acids is 3. The van der Waals surface area contributed by atoms with Crippen molar-refractivity contribution in [2.45, 2.75) is 6.61 Å². The lowest BCUT2D eigenvalue weighted by molar-refractivity contribution is -0.384. The number of nitrogens with zero attached hydrogens (tertiary/aromatic N) is 2. The minimum Gasteiger partial charge on any atom is -0.487 e. The van der Waals surface area contributed by atoms with E-state index < -0.39 is 28.6 Å². The van der Waals surface area contributed by atoms with Crippen LogP contribution in [0.4, 0.5) is 20.6 Å². The number of anilines is 1. The van der Waals surface area contributed by atoms with Gasteiger partial charge < -0.3 is 4.74 Å². The van der Waals surface area contributed by atoms with Gasteiger partial charge in [0.15, 0.2) is 0 Å². The van der Waals surface area contributed by atoms with E-state index in [0.717, 1.165) is 12.1 Å². The molecule has 0 unspecified atom stereocenters. The van der Waals surface area contributed by atoms with Gasteiger partial charge in [-0.05, 0) is 42.0 Å². The highest BCUT2D eigenvalue weighted by Gasteiger charge is 2.37. The zero-order valence-electron chi connectivity index (χ0n) is 17.7. The molecule has 4 rings (SSSR count). The van der Waals surface area contributed by atoms with Gasteiger partial charge in [0.2, 0.25) is 0 Å². The maximum atomic E-state index is 13.8. The van der Waals surface area contributed by atoms with Crippen LogP contribution in [0.25, 0.3) is 6.08 Å². The zero-order chi connectivity index (χ0) is 25.1. The Labute approximate surface area is 202 Å². The molecule has 4 amide bonds. The summed E-state index contributed by atoms with van der Waals surface area (Å²) < 4.78 is 19.3. The van der Waals surface area contributed by atoms with E-state index in [9.17, 15) is 28.9 Å². The summed E-state index contributed by atoms with van der Waals surface area (Å²) in [7, 11) is 0. The molecule has 1 saturated heterocycles. The lowest BCUT2D eigenvalue weighted by Gasteiger charge is -2.26. The first-order chi connectivity index (χ1) is 16.7. The third-order valence-electron chi connectivity index (χ3n) is 5.03. The molecule has 9 nitrogen and oxygen atoms in total. The molecule has 35 heavy (non-hydrogen) atoms. The van der Waals surface area contributed by atoms with Crippen LogP contribution in [-0.4, -0.2) is 22.8 Å². The number of ether oxygens (including phenoxy) is 1. The SMILES string of the molecule is O=C1NC(=O)N(c2ccc([N+](=O)[O-])cc2)C(=O)/C1=C/c1ccc(OCc2ccccc2F)c(Cl)c1. The first-order valence-corrected chi connectivity index (χ1v) is 10.4. The average Bonchev–Trinajstić information content (AvgIpc) is 2.82. The fraction of sp³-hybridized carbons (Fsp3) is 0.0417. The van der Waals surface area contributed by atoms with Gasteiger partial charge in [-0.3, -0.25) is 25.0 Å². The number of hydrogen-bond acceptors (Lipinski definition) is 6. The van der Waals surface area contributed by atoms with Crippen LogP contribution >= 0.6 is 11.6 Å². The molecule has 3 aromatic rings. The van der Waals surface area contributed by atoms with Crippen molar-refractivity contribution < 1.29 is 28.4 Å². The van der Waals surface area contributed by atoms with Gasteiger partial charge in [0.1, 0.15) is 23.7 Å². The Morgan fingerprint density at radius 1 is 1.06 bits per heavy atom. The molecule has 1 aliphatic rings. The predicted molar refractivity (Wildman–Crippen MR) is 124 cm³/mol. The van der Waals surface area contributed by atoms with Gasteiger partial charge in [0.05, 0.1) is 15.6 Å². The van der Waals surface area contributed by atoms with Crippen LogP contribution in [0.1, 0.15) is 11.1 Å². The molecular weight excluding hydrogens is 481 g/mol. The second-order valence-corrected chi connectivity index (χ2v) is 7.71. The number of imide groups is 2. The molecule has 176 valence electrons. The van der Waals surface area contributed by atoms with Crippen LogP contribution in [0.5, 0.6) is 5.75 Å². The van der Waals surface area contributed by atoms with Gasteiger partial charge in [-0.2, -0.15) is 0 Å². The normalized spacial score (nSPS) is 14.7. The minimum atomic E-state index is -0.985. The Balaban J connectivity index is 1.56. The number of rotatable bonds is 6. The number of nitrogens with one attached hydrogen (secondary N) is 1. The summed E-state index contributed by atoms with van der Waals surface area (Å²) in [6, 6.07) is 14.3. The average molecular weight is 496 g/mol. The number of nitro benzene ring substituents is 1. The highest BCUT2D eigenvalue weighted by molar-refractivity contribution is 6.39. The largest absolute Gasteiger partial charge is 0.487 e. The molecular formula is C24H15ClFN3O6. The number of amides is 4. The summed E-state index contributed by atoms with van der Waals surface area (Å²) in [6.07, 6.45) is 1.25. The van der Waals surface area contributed by atoms with Gasteiger partial charge in [0, 0.05) is 17.7 Å². The third kappa shape index (κ3) is 5.02. The van der Waals surface area contributed by atoms with E-state index in [4.69, 9.17) is 16.3 Å². The second-order valence-electron chi connectivity index (χ2n) is 7.30. The maximum Gasteiger partial charge on any atom is 0.335 e. The lowest BCUT2D eigenvalue weighted by atomic mass is 10.1. The Kier molecular flexibility index (Phi) is 6.56. The van der Waals surface area contributed by atoms with Gasteiger partial charge in [-0.25, -0.2) is 14.1 Å². The summed E-state index contributed by atoms with van der Waals surface area (Å²) >= 11 is 6.26. The Hall–Kier alpha value is -4.57. The number of urea groups is 1. The van der Waals surface area contributed by atoms with Crippen molar-refractivity contribution in [3.63, 3.8) is 0 Å². The number of nitro groups is 1. The van der Waals surface area contributed by atoms with E-state index in [0.29, 0.717) is 16.0 Å². The van der Waals surface area contributed by atoms with Crippen molar-refractivity contribution in [1.29, 1.82) is 0 Å². The Morgan fingerprint density at radius 2 is 1.77 bits per heavy atom. The van der Waals surface area contributed by atoms with Gasteiger partial charge in [0.25, 0.3) is 17.5 Å². The molecule has 0 atom stereocenters. The Morgan fingerprint density at radius 3 is 2.43 bits per heavy atom. The van der Waals surface area contributed by atoms with Crippen molar-refractivity contribution in [3.05, 3.63) is 104 Å². The topological polar surface area (TPSA) is 119 Å². The van der Waals surface area contributed by atoms with E-state index in [-0.39, 0.29) is 34.3 Å². The first-order valence-electron chi connectivity index (χ1n) is 10.1. The molecule has 3 aromatic carbocycles. The molecule has 0 bridgehead atoms. The monoisotopic (exact) mass is 495 g/mol. The number of barbiturate groups is 1. The third-order valence-corrected chi connectivity index (χ3v) is 5.32. The molecule has 0 aliphatic carbocycles. The summed E-state index contributed by atoms with van der Waals surface area (Å²) in [4.78, 5) is 48.5. The van der Waals surface area contributed by atoms with Crippen molar-refractivity contribution in [1.82, 2.24) is 5.32 Å². The number of carbonyl (C=O) groups is 3. The fourth-order valence-electron chi connectivity index (χ4n) is 3.28. The number of benzene rings is 3. The molecule has 11 heteroatoms. The first kappa shape index (κ1) is 23.6. The molecule has 1 N–H and O–H groups in total. The molecule has 0 radical (unpaired) electrons. The van der Waals surface area contributed by atoms with E-state index >= 15 is 0 Å². The van der Waals surface area contributed by atoms with Crippen molar-refractivity contribution >= 4 is 46.9 Å². The number of non-ortho nitro benzene ring substituents is 1. The highest BCUT2D eigenvalue weighted by atomic mass is 35.5. The molecule has 1 aliphatic heterocycles. The van der Waals surface area contributed by atoms with Crippen LogP contribution in [0.2, 0.25) is 5.02 Å². The lowest BCUT2D eigenvalue weighted by Crippen LogP contribution is -2.54. The number of halogens is 2. The van der Waals surface area contributed by atoms with E-state index in [1.807, 2.05) is 0 Å². The quantitative estimate of drug-likeness (QED) is 0.230. The standard InChI is InChI=1S/C24H15ClFN3O6/c25-19-12-14(5-10-21(19)35-13-15-3-1-2-4-20(15)26)11-18-22(30)27-24(32)28(23(18)31)16-6-8-17(9-7-16)29(33)34/h1-12H,13H2,(H,27,30,32)/b18-11+. The smallest absolute Gasteiger partial charge is 0.335 e. The van der Waals surface area contributed by atoms with Crippen LogP contribution < -0.4 is 15.0 Å². The summed E-state index contributed by atoms with van der Waals surface area (Å²) in [5.74, 6) is -1.98. The van der Waals surface area contributed by atoms with Crippen molar-refractivity contribution in [2.24, 2.45) is 0 Å². The maximum absolute atomic E-state index is 13.8. The van der Waals surface area contributed by atoms with Gasteiger partial charge in [-0.1, -0.05) is 35.9 Å². The van der Waals surface area contributed by atoms with E-state index in [1.54, 1.807) is 18.2 Å². The minimum absolute atomic E-state index is 0.0476. The van der Waals surface area contributed by atoms with E-state index in [2.05, 4.69) is 5.32 Å². The summed E-state index contributed by atoms with van der Waals surface area (Å²) in [6.45, 7) is -0.0555. The van der Waals surface area contributed by atoms with Crippen LogP contribution in [-0.2, 0) is 16.2 Å². The zero-order valence-corrected chi connectivity index (χ0v) is 18.5. The van der Waals surface area contributed by atoms with Crippen molar-refractivity contribution in [3.8, 4) is 5.75 Å². The Bertz CT molecular complexity index is 1390.